The molecule has 4 heteroatoms. The van der Waals surface area contributed by atoms with Gasteiger partial charge in [0, 0.05) is 45.1 Å². The number of benzene rings is 1. The van der Waals surface area contributed by atoms with Crippen LogP contribution in [0.25, 0.3) is 0 Å². The first kappa shape index (κ1) is 16.3. The first-order valence-corrected chi connectivity index (χ1v) is 9.24. The standard InChI is InChI=1S/C21H25N3O/c25-20(21(9-5-10-21)19-7-2-1-3-8-19)24-14-12-23(13-15-24)17-18-6-4-11-22-16-18/h1-4,6-8,11,16H,5,9-10,12-15,17H2. The van der Waals surface area contributed by atoms with E-state index in [4.69, 9.17) is 0 Å². The van der Waals surface area contributed by atoms with Crippen LogP contribution in [0.3, 0.4) is 0 Å². The average Bonchev–Trinajstić information content (AvgIpc) is 2.63. The quantitative estimate of drug-likeness (QED) is 0.862. The topological polar surface area (TPSA) is 36.4 Å². The van der Waals surface area contributed by atoms with Crippen molar-refractivity contribution in [3.63, 3.8) is 0 Å². The molecule has 1 amide bonds. The number of aromatic nitrogens is 1. The Bertz CT molecular complexity index is 704. The molecule has 2 aromatic rings. The first-order valence-electron chi connectivity index (χ1n) is 9.24. The lowest BCUT2D eigenvalue weighted by molar-refractivity contribution is -0.142. The van der Waals surface area contributed by atoms with Crippen molar-refractivity contribution < 1.29 is 4.79 Å². The van der Waals surface area contributed by atoms with Gasteiger partial charge in [0.1, 0.15) is 0 Å². The molecule has 0 atom stereocenters. The van der Waals surface area contributed by atoms with Gasteiger partial charge in [-0.3, -0.25) is 14.7 Å². The van der Waals surface area contributed by atoms with Crippen LogP contribution >= 0.6 is 0 Å². The third-order valence-electron chi connectivity index (χ3n) is 5.73. The second-order valence-electron chi connectivity index (χ2n) is 7.23. The normalized spacial score (nSPS) is 20.1. The molecular weight excluding hydrogens is 310 g/mol. The number of carbonyl (C=O) groups excluding carboxylic acids is 1. The van der Waals surface area contributed by atoms with Crippen LogP contribution in [-0.2, 0) is 16.8 Å². The molecule has 4 rings (SSSR count). The minimum atomic E-state index is -0.257. The minimum absolute atomic E-state index is 0.257. The molecule has 1 aromatic carbocycles. The Morgan fingerprint density at radius 3 is 2.36 bits per heavy atom. The molecule has 4 nitrogen and oxygen atoms in total. The zero-order chi connectivity index (χ0) is 17.1. The van der Waals surface area contributed by atoms with Gasteiger partial charge in [-0.2, -0.15) is 0 Å². The number of pyridine rings is 1. The van der Waals surface area contributed by atoms with Gasteiger partial charge in [0.2, 0.25) is 5.91 Å². The molecule has 2 heterocycles. The molecule has 25 heavy (non-hydrogen) atoms. The largest absolute Gasteiger partial charge is 0.339 e. The second-order valence-corrected chi connectivity index (χ2v) is 7.23. The Balaban J connectivity index is 1.39. The Morgan fingerprint density at radius 1 is 1.00 bits per heavy atom. The smallest absolute Gasteiger partial charge is 0.233 e. The zero-order valence-electron chi connectivity index (χ0n) is 14.6. The molecule has 0 spiro atoms. The van der Waals surface area contributed by atoms with Gasteiger partial charge >= 0.3 is 0 Å². The summed E-state index contributed by atoms with van der Waals surface area (Å²) < 4.78 is 0. The van der Waals surface area contributed by atoms with Crippen molar-refractivity contribution in [1.82, 2.24) is 14.8 Å². The predicted molar refractivity (Wildman–Crippen MR) is 98.1 cm³/mol. The van der Waals surface area contributed by atoms with Gasteiger partial charge < -0.3 is 4.90 Å². The van der Waals surface area contributed by atoms with E-state index in [1.54, 1.807) is 0 Å². The van der Waals surface area contributed by atoms with Crippen LogP contribution in [0.15, 0.2) is 54.9 Å². The van der Waals surface area contributed by atoms with E-state index >= 15 is 0 Å². The summed E-state index contributed by atoms with van der Waals surface area (Å²) in [7, 11) is 0. The van der Waals surface area contributed by atoms with Crippen molar-refractivity contribution in [3.8, 4) is 0 Å². The van der Waals surface area contributed by atoms with Gasteiger partial charge in [-0.05, 0) is 30.0 Å². The van der Waals surface area contributed by atoms with E-state index in [1.807, 2.05) is 24.5 Å². The van der Waals surface area contributed by atoms with Gasteiger partial charge in [0.15, 0.2) is 0 Å². The lowest BCUT2D eigenvalue weighted by atomic mass is 9.63. The maximum absolute atomic E-state index is 13.3. The van der Waals surface area contributed by atoms with Gasteiger partial charge in [-0.15, -0.1) is 0 Å². The maximum atomic E-state index is 13.3. The molecule has 1 aliphatic heterocycles. The van der Waals surface area contributed by atoms with Gasteiger partial charge in [-0.1, -0.05) is 42.8 Å². The lowest BCUT2D eigenvalue weighted by Crippen LogP contribution is -2.56. The summed E-state index contributed by atoms with van der Waals surface area (Å²) in [6.45, 7) is 4.44. The number of nitrogens with zero attached hydrogens (tertiary/aromatic N) is 3. The van der Waals surface area contributed by atoms with E-state index in [-0.39, 0.29) is 5.41 Å². The number of rotatable bonds is 4. The fraction of sp³-hybridized carbons (Fsp3) is 0.429. The lowest BCUT2D eigenvalue weighted by Gasteiger charge is -2.46. The Kier molecular flexibility index (Phi) is 4.53. The molecule has 2 aliphatic rings. The summed E-state index contributed by atoms with van der Waals surface area (Å²) >= 11 is 0. The van der Waals surface area contributed by atoms with Crippen LogP contribution in [0, 0.1) is 0 Å². The summed E-state index contributed by atoms with van der Waals surface area (Å²) in [5.74, 6) is 0.339. The van der Waals surface area contributed by atoms with Gasteiger partial charge in [0.05, 0.1) is 5.41 Å². The highest BCUT2D eigenvalue weighted by atomic mass is 16.2. The number of hydrogen-bond donors (Lipinski definition) is 0. The zero-order valence-corrected chi connectivity index (χ0v) is 14.6. The van der Waals surface area contributed by atoms with E-state index in [0.29, 0.717) is 5.91 Å². The third kappa shape index (κ3) is 3.19. The molecule has 1 aromatic heterocycles. The summed E-state index contributed by atoms with van der Waals surface area (Å²) in [5, 5.41) is 0. The van der Waals surface area contributed by atoms with Gasteiger partial charge in [0.25, 0.3) is 0 Å². The Labute approximate surface area is 149 Å². The number of hydrogen-bond acceptors (Lipinski definition) is 3. The number of amides is 1. The molecule has 0 N–H and O–H groups in total. The fourth-order valence-corrected chi connectivity index (χ4v) is 4.08. The maximum Gasteiger partial charge on any atom is 0.233 e. The van der Waals surface area contributed by atoms with Crippen molar-refractivity contribution in [2.45, 2.75) is 31.2 Å². The SMILES string of the molecule is O=C(N1CCN(Cc2cccnc2)CC1)C1(c2ccccc2)CCC1. The summed E-state index contributed by atoms with van der Waals surface area (Å²) in [6, 6.07) is 14.5. The van der Waals surface area contributed by atoms with Crippen LogP contribution in [0.5, 0.6) is 0 Å². The van der Waals surface area contributed by atoms with E-state index < -0.39 is 0 Å². The van der Waals surface area contributed by atoms with E-state index in [1.165, 1.54) is 11.1 Å². The van der Waals surface area contributed by atoms with Crippen LogP contribution < -0.4 is 0 Å². The highest BCUT2D eigenvalue weighted by Gasteiger charge is 2.47. The first-order chi connectivity index (χ1) is 12.3. The molecule has 0 unspecified atom stereocenters. The van der Waals surface area contributed by atoms with Crippen molar-refractivity contribution in [1.29, 1.82) is 0 Å². The second kappa shape index (κ2) is 6.96. The highest BCUT2D eigenvalue weighted by Crippen LogP contribution is 2.45. The molecular formula is C21H25N3O. The molecule has 2 fully saturated rings. The van der Waals surface area contributed by atoms with E-state index in [2.05, 4.69) is 45.1 Å². The summed E-state index contributed by atoms with van der Waals surface area (Å²) in [4.78, 5) is 22.0. The van der Waals surface area contributed by atoms with Crippen LogP contribution in [0.4, 0.5) is 0 Å². The molecule has 1 aliphatic carbocycles. The fourth-order valence-electron chi connectivity index (χ4n) is 4.08. The number of piperazine rings is 1. The third-order valence-corrected chi connectivity index (χ3v) is 5.73. The predicted octanol–water partition coefficient (Wildman–Crippen LogP) is 2.85. The average molecular weight is 335 g/mol. The molecule has 0 radical (unpaired) electrons. The van der Waals surface area contributed by atoms with Crippen molar-refractivity contribution in [2.24, 2.45) is 0 Å². The van der Waals surface area contributed by atoms with E-state index in [9.17, 15) is 4.79 Å². The Morgan fingerprint density at radius 2 is 1.76 bits per heavy atom. The van der Waals surface area contributed by atoms with Crippen LogP contribution in [0.1, 0.15) is 30.4 Å². The molecule has 130 valence electrons. The molecule has 1 saturated carbocycles. The molecule has 1 saturated heterocycles. The minimum Gasteiger partial charge on any atom is -0.339 e. The van der Waals surface area contributed by atoms with Crippen LogP contribution in [0.2, 0.25) is 0 Å². The summed E-state index contributed by atoms with van der Waals surface area (Å²) in [6.07, 6.45) is 6.87. The monoisotopic (exact) mass is 335 g/mol. The van der Waals surface area contributed by atoms with Crippen molar-refractivity contribution >= 4 is 5.91 Å². The molecule has 0 bridgehead atoms. The highest BCUT2D eigenvalue weighted by molar-refractivity contribution is 5.89. The Hall–Kier alpha value is -2.20. The van der Waals surface area contributed by atoms with Gasteiger partial charge in [-0.25, -0.2) is 0 Å². The van der Waals surface area contributed by atoms with Crippen LogP contribution in [-0.4, -0.2) is 46.9 Å². The summed E-state index contributed by atoms with van der Waals surface area (Å²) in [5.41, 5.74) is 2.18. The number of carbonyl (C=O) groups is 1. The van der Waals surface area contributed by atoms with Crippen molar-refractivity contribution in [2.75, 3.05) is 26.2 Å². The van der Waals surface area contributed by atoms with Crippen molar-refractivity contribution in [3.05, 3.63) is 66.0 Å². The van der Waals surface area contributed by atoms with E-state index in [0.717, 1.165) is 52.0 Å².